The molecule has 2 unspecified atom stereocenters. The molecule has 1 nitrogen and oxygen atoms in total. The third-order valence-corrected chi connectivity index (χ3v) is 2.89. The van der Waals surface area contributed by atoms with E-state index in [9.17, 15) is 0 Å². The van der Waals surface area contributed by atoms with Crippen molar-refractivity contribution in [2.24, 2.45) is 17.8 Å². The normalized spacial score (nSPS) is 32.4. The molecule has 0 aromatic rings. The molecule has 1 aliphatic rings. The molecule has 1 fully saturated rings. The van der Waals surface area contributed by atoms with E-state index in [0.717, 1.165) is 17.8 Å². The van der Waals surface area contributed by atoms with Crippen LogP contribution in [0, 0.1) is 17.8 Å². The van der Waals surface area contributed by atoms with Crippen molar-refractivity contribution in [2.75, 3.05) is 20.1 Å². The molecule has 0 N–H and O–H groups in total. The molecule has 1 aliphatic heterocycles. The quantitative estimate of drug-likeness (QED) is 0.571. The van der Waals surface area contributed by atoms with Gasteiger partial charge in [0.2, 0.25) is 0 Å². The van der Waals surface area contributed by atoms with Gasteiger partial charge in [0.1, 0.15) is 0 Å². The van der Waals surface area contributed by atoms with Gasteiger partial charge in [0.25, 0.3) is 0 Å². The number of hydrogen-bond donors (Lipinski definition) is 0. The van der Waals surface area contributed by atoms with Gasteiger partial charge in [-0.05, 0) is 31.7 Å². The average molecular weight is 167 g/mol. The van der Waals surface area contributed by atoms with Crippen molar-refractivity contribution in [2.45, 2.75) is 20.8 Å². The molecule has 0 saturated carbocycles. The zero-order chi connectivity index (χ0) is 9.14. The predicted molar refractivity (Wildman–Crippen MR) is 54.1 cm³/mol. The minimum absolute atomic E-state index is 0.792. The SMILES string of the molecule is C/C=C/C1CN(C)CC1C(C)C. The Labute approximate surface area is 76.5 Å². The first-order chi connectivity index (χ1) is 5.65. The van der Waals surface area contributed by atoms with Crippen molar-refractivity contribution in [3.63, 3.8) is 0 Å². The summed E-state index contributed by atoms with van der Waals surface area (Å²) in [6, 6.07) is 0. The minimum atomic E-state index is 0.792. The zero-order valence-electron chi connectivity index (χ0n) is 8.75. The van der Waals surface area contributed by atoms with Crippen LogP contribution in [-0.4, -0.2) is 25.0 Å². The van der Waals surface area contributed by atoms with Gasteiger partial charge in [-0.1, -0.05) is 26.0 Å². The highest BCUT2D eigenvalue weighted by atomic mass is 15.1. The maximum Gasteiger partial charge on any atom is 0.00446 e. The van der Waals surface area contributed by atoms with E-state index in [-0.39, 0.29) is 0 Å². The van der Waals surface area contributed by atoms with E-state index in [1.807, 2.05) is 0 Å². The van der Waals surface area contributed by atoms with Crippen molar-refractivity contribution in [3.05, 3.63) is 12.2 Å². The van der Waals surface area contributed by atoms with Gasteiger partial charge in [0.05, 0.1) is 0 Å². The van der Waals surface area contributed by atoms with E-state index in [2.05, 4.69) is 44.9 Å². The number of nitrogens with zero attached hydrogens (tertiary/aromatic N) is 1. The van der Waals surface area contributed by atoms with Crippen molar-refractivity contribution in [3.8, 4) is 0 Å². The third kappa shape index (κ3) is 2.10. The van der Waals surface area contributed by atoms with Crippen LogP contribution in [0.5, 0.6) is 0 Å². The van der Waals surface area contributed by atoms with Crippen molar-refractivity contribution in [1.29, 1.82) is 0 Å². The summed E-state index contributed by atoms with van der Waals surface area (Å²) < 4.78 is 0. The first-order valence-electron chi connectivity index (χ1n) is 4.96. The molecule has 70 valence electrons. The summed E-state index contributed by atoms with van der Waals surface area (Å²) in [6.07, 6.45) is 4.56. The Balaban J connectivity index is 2.59. The van der Waals surface area contributed by atoms with Gasteiger partial charge in [0.15, 0.2) is 0 Å². The van der Waals surface area contributed by atoms with Crippen molar-refractivity contribution >= 4 is 0 Å². The second kappa shape index (κ2) is 4.08. The monoisotopic (exact) mass is 167 g/mol. The number of allylic oxidation sites excluding steroid dienone is 1. The summed E-state index contributed by atoms with van der Waals surface area (Å²) in [5.74, 6) is 2.47. The van der Waals surface area contributed by atoms with Gasteiger partial charge in [0, 0.05) is 13.1 Å². The summed E-state index contributed by atoms with van der Waals surface area (Å²) in [5.41, 5.74) is 0. The molecule has 0 bridgehead atoms. The van der Waals surface area contributed by atoms with Crippen LogP contribution < -0.4 is 0 Å². The number of rotatable bonds is 2. The van der Waals surface area contributed by atoms with Gasteiger partial charge in [-0.15, -0.1) is 0 Å². The molecule has 0 aromatic heterocycles. The van der Waals surface area contributed by atoms with Crippen LogP contribution in [0.15, 0.2) is 12.2 Å². The molecule has 12 heavy (non-hydrogen) atoms. The van der Waals surface area contributed by atoms with E-state index in [0.29, 0.717) is 0 Å². The van der Waals surface area contributed by atoms with Crippen LogP contribution in [0.25, 0.3) is 0 Å². The van der Waals surface area contributed by atoms with Gasteiger partial charge in [-0.25, -0.2) is 0 Å². The molecule has 0 spiro atoms. The molecular weight excluding hydrogens is 146 g/mol. The van der Waals surface area contributed by atoms with Crippen LogP contribution in [0.4, 0.5) is 0 Å². The second-order valence-electron chi connectivity index (χ2n) is 4.32. The van der Waals surface area contributed by atoms with Crippen LogP contribution in [0.2, 0.25) is 0 Å². The number of hydrogen-bond acceptors (Lipinski definition) is 1. The summed E-state index contributed by atoms with van der Waals surface area (Å²) in [4.78, 5) is 2.44. The molecule has 0 radical (unpaired) electrons. The lowest BCUT2D eigenvalue weighted by Crippen LogP contribution is -2.17. The molecule has 0 aliphatic carbocycles. The van der Waals surface area contributed by atoms with Gasteiger partial charge in [-0.2, -0.15) is 0 Å². The van der Waals surface area contributed by atoms with Gasteiger partial charge >= 0.3 is 0 Å². The maximum absolute atomic E-state index is 2.44. The summed E-state index contributed by atoms with van der Waals surface area (Å²) >= 11 is 0. The first-order valence-corrected chi connectivity index (χ1v) is 4.96. The van der Waals surface area contributed by atoms with E-state index in [1.54, 1.807) is 0 Å². The van der Waals surface area contributed by atoms with Gasteiger partial charge < -0.3 is 4.90 Å². The summed E-state index contributed by atoms with van der Waals surface area (Å²) in [5, 5.41) is 0. The minimum Gasteiger partial charge on any atom is -0.305 e. The van der Waals surface area contributed by atoms with E-state index < -0.39 is 0 Å². The molecule has 0 amide bonds. The summed E-state index contributed by atoms with van der Waals surface area (Å²) in [6.45, 7) is 9.30. The van der Waals surface area contributed by atoms with Crippen LogP contribution in [0.3, 0.4) is 0 Å². The van der Waals surface area contributed by atoms with E-state index in [1.165, 1.54) is 13.1 Å². The van der Waals surface area contributed by atoms with Crippen LogP contribution >= 0.6 is 0 Å². The molecule has 2 atom stereocenters. The van der Waals surface area contributed by atoms with E-state index >= 15 is 0 Å². The van der Waals surface area contributed by atoms with Gasteiger partial charge in [-0.3, -0.25) is 0 Å². The second-order valence-corrected chi connectivity index (χ2v) is 4.32. The van der Waals surface area contributed by atoms with Crippen molar-refractivity contribution < 1.29 is 0 Å². The molecule has 1 rings (SSSR count). The lowest BCUT2D eigenvalue weighted by molar-refractivity contribution is 0.339. The molecule has 1 heteroatoms. The fourth-order valence-electron chi connectivity index (χ4n) is 2.22. The molecule has 0 aromatic carbocycles. The lowest BCUT2D eigenvalue weighted by Gasteiger charge is -2.18. The third-order valence-electron chi connectivity index (χ3n) is 2.89. The fraction of sp³-hybridized carbons (Fsp3) is 0.818. The fourth-order valence-corrected chi connectivity index (χ4v) is 2.22. The van der Waals surface area contributed by atoms with Crippen LogP contribution in [-0.2, 0) is 0 Å². The molecular formula is C11H21N. The predicted octanol–water partition coefficient (Wildman–Crippen LogP) is 2.40. The highest BCUT2D eigenvalue weighted by Crippen LogP contribution is 2.29. The Morgan fingerprint density at radius 3 is 2.50 bits per heavy atom. The molecule has 1 heterocycles. The smallest absolute Gasteiger partial charge is 0.00446 e. The first kappa shape index (κ1) is 9.79. The Hall–Kier alpha value is -0.300. The molecule has 1 saturated heterocycles. The Kier molecular flexibility index (Phi) is 3.33. The highest BCUT2D eigenvalue weighted by Gasteiger charge is 2.30. The lowest BCUT2D eigenvalue weighted by atomic mass is 9.86. The summed E-state index contributed by atoms with van der Waals surface area (Å²) in [7, 11) is 2.22. The largest absolute Gasteiger partial charge is 0.305 e. The highest BCUT2D eigenvalue weighted by molar-refractivity contribution is 4.96. The Morgan fingerprint density at radius 2 is 2.00 bits per heavy atom. The topological polar surface area (TPSA) is 3.24 Å². The zero-order valence-corrected chi connectivity index (χ0v) is 8.75. The Bertz CT molecular complexity index is 160. The standard InChI is InChI=1S/C11H21N/c1-5-6-10-7-12(4)8-11(10)9(2)3/h5-6,9-11H,7-8H2,1-4H3/b6-5+. The maximum atomic E-state index is 2.44. The number of likely N-dealkylation sites (tertiary alicyclic amines) is 1. The van der Waals surface area contributed by atoms with Crippen molar-refractivity contribution in [1.82, 2.24) is 4.90 Å². The van der Waals surface area contributed by atoms with E-state index in [4.69, 9.17) is 0 Å². The average Bonchev–Trinajstić information content (AvgIpc) is 2.32. The van der Waals surface area contributed by atoms with Crippen LogP contribution in [0.1, 0.15) is 20.8 Å². The Morgan fingerprint density at radius 1 is 1.33 bits per heavy atom.